The Morgan fingerprint density at radius 3 is 2.03 bits per heavy atom. The third-order valence-corrected chi connectivity index (χ3v) is 5.12. The first-order valence-corrected chi connectivity index (χ1v) is 9.76. The standard InChI is InChI=1S/C25H19NO5/c1-15-10-12-17(13-11-15)22(27)16(2)31-25(30)18-6-5-7-19(14-18)26-23(28)20-8-3-4-9-21(20)24(26)29/h3-14,16H,1-2H3. The molecular weight excluding hydrogens is 394 g/mol. The molecule has 6 heteroatoms. The van der Waals surface area contributed by atoms with Gasteiger partial charge >= 0.3 is 5.97 Å². The van der Waals surface area contributed by atoms with Crippen molar-refractivity contribution in [2.45, 2.75) is 20.0 Å². The Kier molecular flexibility index (Phi) is 5.21. The third kappa shape index (κ3) is 3.75. The summed E-state index contributed by atoms with van der Waals surface area (Å²) in [5.41, 5.74) is 2.50. The van der Waals surface area contributed by atoms with Gasteiger partial charge in [-0.25, -0.2) is 9.69 Å². The largest absolute Gasteiger partial charge is 0.451 e. The topological polar surface area (TPSA) is 80.8 Å². The van der Waals surface area contributed by atoms with Crippen LogP contribution in [0.4, 0.5) is 5.69 Å². The molecule has 3 aromatic carbocycles. The SMILES string of the molecule is Cc1ccc(C(=O)C(C)OC(=O)c2cccc(N3C(=O)c4ccccc4C3=O)c2)cc1. The quantitative estimate of drug-likeness (QED) is 0.355. The number of benzene rings is 3. The van der Waals surface area contributed by atoms with E-state index in [0.717, 1.165) is 10.5 Å². The fraction of sp³-hybridized carbons (Fsp3) is 0.120. The molecule has 154 valence electrons. The number of ketones is 1. The number of hydrogen-bond donors (Lipinski definition) is 0. The molecule has 1 atom stereocenters. The van der Waals surface area contributed by atoms with Crippen LogP contribution in [0.2, 0.25) is 0 Å². The number of anilines is 1. The Balaban J connectivity index is 1.53. The van der Waals surface area contributed by atoms with E-state index in [4.69, 9.17) is 4.74 Å². The molecule has 31 heavy (non-hydrogen) atoms. The molecule has 1 aliphatic heterocycles. The van der Waals surface area contributed by atoms with E-state index in [1.807, 2.05) is 19.1 Å². The van der Waals surface area contributed by atoms with E-state index in [-0.39, 0.29) is 17.0 Å². The van der Waals surface area contributed by atoms with Gasteiger partial charge in [-0.2, -0.15) is 0 Å². The summed E-state index contributed by atoms with van der Waals surface area (Å²) in [6.45, 7) is 3.42. The minimum absolute atomic E-state index is 0.137. The molecule has 0 fully saturated rings. The molecule has 0 saturated heterocycles. The number of esters is 1. The van der Waals surface area contributed by atoms with E-state index in [1.165, 1.54) is 19.1 Å². The molecule has 1 aliphatic rings. The van der Waals surface area contributed by atoms with Gasteiger partial charge in [0.2, 0.25) is 5.78 Å². The van der Waals surface area contributed by atoms with Crippen molar-refractivity contribution in [1.82, 2.24) is 0 Å². The first-order chi connectivity index (χ1) is 14.9. The number of carbonyl (C=O) groups excluding carboxylic acids is 4. The molecule has 0 bridgehead atoms. The molecule has 0 radical (unpaired) electrons. The first-order valence-electron chi connectivity index (χ1n) is 9.76. The molecule has 1 heterocycles. The van der Waals surface area contributed by atoms with Crippen molar-refractivity contribution < 1.29 is 23.9 Å². The fourth-order valence-electron chi connectivity index (χ4n) is 3.43. The summed E-state index contributed by atoms with van der Waals surface area (Å²) < 4.78 is 5.34. The first kappa shape index (κ1) is 20.2. The molecule has 2 amide bonds. The van der Waals surface area contributed by atoms with Crippen molar-refractivity contribution >= 4 is 29.3 Å². The Morgan fingerprint density at radius 2 is 1.42 bits per heavy atom. The van der Waals surface area contributed by atoms with Crippen molar-refractivity contribution in [3.63, 3.8) is 0 Å². The summed E-state index contributed by atoms with van der Waals surface area (Å²) in [5, 5.41) is 0. The highest BCUT2D eigenvalue weighted by Crippen LogP contribution is 2.29. The van der Waals surface area contributed by atoms with Crippen molar-refractivity contribution in [3.8, 4) is 0 Å². The predicted octanol–water partition coefficient (Wildman–Crippen LogP) is 4.22. The van der Waals surface area contributed by atoms with Crippen molar-refractivity contribution in [3.05, 3.63) is 101 Å². The van der Waals surface area contributed by atoms with Crippen LogP contribution in [0.25, 0.3) is 0 Å². The molecule has 4 rings (SSSR count). The summed E-state index contributed by atoms with van der Waals surface area (Å²) in [6, 6.07) is 19.6. The number of rotatable bonds is 5. The van der Waals surface area contributed by atoms with Crippen LogP contribution in [0.5, 0.6) is 0 Å². The predicted molar refractivity (Wildman–Crippen MR) is 114 cm³/mol. The molecule has 0 aliphatic carbocycles. The zero-order valence-corrected chi connectivity index (χ0v) is 17.0. The summed E-state index contributed by atoms with van der Waals surface area (Å²) in [7, 11) is 0. The fourth-order valence-corrected chi connectivity index (χ4v) is 3.43. The number of Topliss-reactive ketones (excluding diaryl/α,β-unsaturated/α-hetero) is 1. The lowest BCUT2D eigenvalue weighted by Gasteiger charge is -2.16. The molecule has 3 aromatic rings. The molecule has 0 aromatic heterocycles. The monoisotopic (exact) mass is 413 g/mol. The number of nitrogens with zero attached hydrogens (tertiary/aromatic N) is 1. The van der Waals surface area contributed by atoms with Gasteiger partial charge in [0, 0.05) is 5.56 Å². The number of hydrogen-bond acceptors (Lipinski definition) is 5. The van der Waals surface area contributed by atoms with Crippen molar-refractivity contribution in [1.29, 1.82) is 0 Å². The summed E-state index contributed by atoms with van der Waals surface area (Å²) in [4.78, 5) is 51.6. The van der Waals surface area contributed by atoms with E-state index in [1.54, 1.807) is 48.5 Å². The molecule has 1 unspecified atom stereocenters. The van der Waals surface area contributed by atoms with Crippen LogP contribution >= 0.6 is 0 Å². The number of carbonyl (C=O) groups is 4. The van der Waals surface area contributed by atoms with Gasteiger partial charge in [-0.05, 0) is 44.2 Å². The van der Waals surface area contributed by atoms with Crippen LogP contribution in [0, 0.1) is 6.92 Å². The molecule has 6 nitrogen and oxygen atoms in total. The van der Waals surface area contributed by atoms with Crippen LogP contribution in [-0.2, 0) is 4.74 Å². The minimum atomic E-state index is -0.988. The van der Waals surface area contributed by atoms with Gasteiger partial charge in [0.1, 0.15) is 0 Å². The lowest BCUT2D eigenvalue weighted by Crippen LogP contribution is -2.29. The van der Waals surface area contributed by atoms with E-state index >= 15 is 0 Å². The van der Waals surface area contributed by atoms with E-state index in [9.17, 15) is 19.2 Å². The number of imide groups is 1. The van der Waals surface area contributed by atoms with Crippen LogP contribution < -0.4 is 4.90 Å². The molecule has 0 spiro atoms. The van der Waals surface area contributed by atoms with E-state index in [2.05, 4.69) is 0 Å². The highest BCUT2D eigenvalue weighted by molar-refractivity contribution is 6.34. The average Bonchev–Trinajstić information content (AvgIpc) is 3.04. The average molecular weight is 413 g/mol. The summed E-state index contributed by atoms with van der Waals surface area (Å²) >= 11 is 0. The van der Waals surface area contributed by atoms with E-state index < -0.39 is 23.9 Å². The highest BCUT2D eigenvalue weighted by Gasteiger charge is 2.36. The Labute approximate surface area is 179 Å². The van der Waals surface area contributed by atoms with Gasteiger partial charge in [0.15, 0.2) is 6.10 Å². The molecular formula is C25H19NO5. The van der Waals surface area contributed by atoms with Crippen LogP contribution in [0.3, 0.4) is 0 Å². The smallest absolute Gasteiger partial charge is 0.338 e. The highest BCUT2D eigenvalue weighted by atomic mass is 16.5. The van der Waals surface area contributed by atoms with Crippen molar-refractivity contribution in [2.75, 3.05) is 4.90 Å². The second kappa shape index (κ2) is 7.99. The maximum atomic E-state index is 12.7. The maximum absolute atomic E-state index is 12.7. The van der Waals surface area contributed by atoms with Crippen molar-refractivity contribution in [2.24, 2.45) is 0 Å². The Morgan fingerprint density at radius 1 is 0.806 bits per heavy atom. The maximum Gasteiger partial charge on any atom is 0.338 e. The minimum Gasteiger partial charge on any atom is -0.451 e. The zero-order chi connectivity index (χ0) is 22.1. The van der Waals surface area contributed by atoms with Gasteiger partial charge in [0.25, 0.3) is 11.8 Å². The summed E-state index contributed by atoms with van der Waals surface area (Å²) in [6.07, 6.45) is -0.988. The van der Waals surface area contributed by atoms with E-state index in [0.29, 0.717) is 16.7 Å². The number of amides is 2. The van der Waals surface area contributed by atoms with Crippen LogP contribution in [0.15, 0.2) is 72.8 Å². The van der Waals surface area contributed by atoms with Gasteiger partial charge in [0.05, 0.1) is 22.4 Å². The second-order valence-corrected chi connectivity index (χ2v) is 7.32. The van der Waals surface area contributed by atoms with Gasteiger partial charge < -0.3 is 4.74 Å². The second-order valence-electron chi connectivity index (χ2n) is 7.32. The van der Waals surface area contributed by atoms with Gasteiger partial charge in [-0.15, -0.1) is 0 Å². The Hall–Kier alpha value is -4.06. The normalized spacial score (nSPS) is 13.7. The van der Waals surface area contributed by atoms with Gasteiger partial charge in [-0.3, -0.25) is 14.4 Å². The number of fused-ring (bicyclic) bond motifs is 1. The third-order valence-electron chi connectivity index (χ3n) is 5.12. The van der Waals surface area contributed by atoms with Gasteiger partial charge in [-0.1, -0.05) is 48.0 Å². The molecule has 0 saturated carbocycles. The zero-order valence-electron chi connectivity index (χ0n) is 17.0. The van der Waals surface area contributed by atoms with Crippen LogP contribution in [0.1, 0.15) is 53.9 Å². The lowest BCUT2D eigenvalue weighted by atomic mass is 10.1. The summed E-state index contributed by atoms with van der Waals surface area (Å²) in [5.74, 6) is -1.93. The van der Waals surface area contributed by atoms with Crippen LogP contribution in [-0.4, -0.2) is 29.7 Å². The number of aryl methyl sites for hydroxylation is 1. The lowest BCUT2D eigenvalue weighted by molar-refractivity contribution is 0.0318. The number of ether oxygens (including phenoxy) is 1. The molecule has 0 N–H and O–H groups in total. The Bertz CT molecular complexity index is 1180.